The third-order valence-electron chi connectivity index (χ3n) is 5.07. The third kappa shape index (κ3) is 4.32. The molecule has 154 valence electrons. The van der Waals surface area contributed by atoms with Crippen LogP contribution in [0.5, 0.6) is 0 Å². The van der Waals surface area contributed by atoms with Crippen LogP contribution in [0.25, 0.3) is 0 Å². The Morgan fingerprint density at radius 2 is 2.00 bits per heavy atom. The normalized spacial score (nSPS) is 19.9. The minimum absolute atomic E-state index is 0.217. The average molecular weight is 418 g/mol. The van der Waals surface area contributed by atoms with Gasteiger partial charge in [-0.3, -0.25) is 14.5 Å². The first-order valence-corrected chi connectivity index (χ1v) is 10.5. The quantitative estimate of drug-likeness (QED) is 0.643. The molecule has 2 N–H and O–H groups in total. The standard InChI is InChI=1S/C21H24FN3O3S/c1-3-4-11-21(15-7-9-16(22)10-8-15)19(27)25(20(28)24-21)13-18(26)23-14(2)17-6-5-12-29-17/h5-10,12,14H,3-4,11,13H2,1-2H3,(H,23,26)(H,24,28). The molecule has 29 heavy (non-hydrogen) atoms. The zero-order chi connectivity index (χ0) is 21.0. The smallest absolute Gasteiger partial charge is 0.325 e. The fourth-order valence-corrected chi connectivity index (χ4v) is 4.23. The van der Waals surface area contributed by atoms with Crippen LogP contribution < -0.4 is 10.6 Å². The number of imide groups is 1. The van der Waals surface area contributed by atoms with E-state index in [0.717, 1.165) is 16.2 Å². The second-order valence-corrected chi connectivity index (χ2v) is 8.12. The predicted octanol–water partition coefficient (Wildman–Crippen LogP) is 3.70. The van der Waals surface area contributed by atoms with E-state index in [4.69, 9.17) is 0 Å². The Kier molecular flexibility index (Phi) is 6.32. The van der Waals surface area contributed by atoms with Gasteiger partial charge in [-0.25, -0.2) is 9.18 Å². The summed E-state index contributed by atoms with van der Waals surface area (Å²) in [6, 6.07) is 8.51. The molecule has 4 amide bonds. The molecule has 0 saturated carbocycles. The highest BCUT2D eigenvalue weighted by atomic mass is 32.1. The van der Waals surface area contributed by atoms with E-state index in [0.29, 0.717) is 18.4 Å². The second kappa shape index (κ2) is 8.73. The van der Waals surface area contributed by atoms with Crippen molar-refractivity contribution in [3.05, 3.63) is 58.0 Å². The van der Waals surface area contributed by atoms with Crippen LogP contribution in [-0.4, -0.2) is 29.3 Å². The number of nitrogens with zero attached hydrogens (tertiary/aromatic N) is 1. The summed E-state index contributed by atoms with van der Waals surface area (Å²) in [5, 5.41) is 7.49. The van der Waals surface area contributed by atoms with E-state index < -0.39 is 29.2 Å². The number of carbonyl (C=O) groups is 3. The topological polar surface area (TPSA) is 78.5 Å². The number of carbonyl (C=O) groups excluding carboxylic acids is 3. The van der Waals surface area contributed by atoms with Crippen molar-refractivity contribution in [1.29, 1.82) is 0 Å². The number of benzene rings is 1. The van der Waals surface area contributed by atoms with Crippen molar-refractivity contribution in [3.63, 3.8) is 0 Å². The summed E-state index contributed by atoms with van der Waals surface area (Å²) >= 11 is 1.52. The fourth-order valence-electron chi connectivity index (χ4n) is 3.49. The van der Waals surface area contributed by atoms with Gasteiger partial charge in [0.05, 0.1) is 6.04 Å². The van der Waals surface area contributed by atoms with Crippen LogP contribution in [0.4, 0.5) is 9.18 Å². The Morgan fingerprint density at radius 3 is 2.62 bits per heavy atom. The van der Waals surface area contributed by atoms with Crippen LogP contribution in [0.2, 0.25) is 0 Å². The van der Waals surface area contributed by atoms with Gasteiger partial charge in [0, 0.05) is 4.88 Å². The highest BCUT2D eigenvalue weighted by Crippen LogP contribution is 2.34. The summed E-state index contributed by atoms with van der Waals surface area (Å²) < 4.78 is 13.4. The van der Waals surface area contributed by atoms with E-state index in [1.54, 1.807) is 0 Å². The van der Waals surface area contributed by atoms with Crippen molar-refractivity contribution >= 4 is 29.2 Å². The zero-order valence-electron chi connectivity index (χ0n) is 16.4. The molecule has 1 fully saturated rings. The van der Waals surface area contributed by atoms with E-state index in [2.05, 4.69) is 10.6 Å². The van der Waals surface area contributed by atoms with Gasteiger partial charge >= 0.3 is 6.03 Å². The Morgan fingerprint density at radius 1 is 1.28 bits per heavy atom. The van der Waals surface area contributed by atoms with Crippen LogP contribution in [0.15, 0.2) is 41.8 Å². The Bertz CT molecular complexity index is 885. The van der Waals surface area contributed by atoms with Crippen molar-refractivity contribution in [2.24, 2.45) is 0 Å². The second-order valence-electron chi connectivity index (χ2n) is 7.14. The highest BCUT2D eigenvalue weighted by molar-refractivity contribution is 7.10. The zero-order valence-corrected chi connectivity index (χ0v) is 17.2. The van der Waals surface area contributed by atoms with Gasteiger partial charge < -0.3 is 10.6 Å². The molecule has 1 aromatic heterocycles. The van der Waals surface area contributed by atoms with E-state index in [1.807, 2.05) is 31.4 Å². The molecule has 1 aliphatic rings. The number of halogens is 1. The molecule has 2 unspecified atom stereocenters. The lowest BCUT2D eigenvalue weighted by atomic mass is 9.85. The monoisotopic (exact) mass is 417 g/mol. The minimum atomic E-state index is -1.28. The van der Waals surface area contributed by atoms with Crippen molar-refractivity contribution in [1.82, 2.24) is 15.5 Å². The number of unbranched alkanes of at least 4 members (excludes halogenated alkanes) is 1. The Labute approximate surface area is 173 Å². The highest BCUT2D eigenvalue weighted by Gasteiger charge is 2.52. The van der Waals surface area contributed by atoms with Gasteiger partial charge in [0.15, 0.2) is 0 Å². The van der Waals surface area contributed by atoms with Crippen LogP contribution in [0, 0.1) is 5.82 Å². The number of thiophene rings is 1. The molecule has 1 aliphatic heterocycles. The lowest BCUT2D eigenvalue weighted by Crippen LogP contribution is -2.45. The Balaban J connectivity index is 1.78. The van der Waals surface area contributed by atoms with Gasteiger partial charge in [-0.05, 0) is 42.5 Å². The van der Waals surface area contributed by atoms with Gasteiger partial charge in [0.2, 0.25) is 5.91 Å². The largest absolute Gasteiger partial charge is 0.347 e. The lowest BCUT2D eigenvalue weighted by molar-refractivity contribution is -0.135. The first kappa shape index (κ1) is 21.0. The number of hydrogen-bond donors (Lipinski definition) is 2. The molecule has 0 spiro atoms. The third-order valence-corrected chi connectivity index (χ3v) is 6.12. The van der Waals surface area contributed by atoms with Crippen LogP contribution >= 0.6 is 11.3 Å². The molecule has 0 radical (unpaired) electrons. The number of hydrogen-bond acceptors (Lipinski definition) is 4. The number of rotatable bonds is 8. The maximum atomic E-state index is 13.4. The molecule has 0 aliphatic carbocycles. The summed E-state index contributed by atoms with van der Waals surface area (Å²) in [5.41, 5.74) is -0.763. The molecule has 1 aromatic carbocycles. The maximum absolute atomic E-state index is 13.4. The van der Waals surface area contributed by atoms with Crippen LogP contribution in [0.3, 0.4) is 0 Å². The molecule has 2 aromatic rings. The van der Waals surface area contributed by atoms with Crippen molar-refractivity contribution in [2.75, 3.05) is 6.54 Å². The fraction of sp³-hybridized carbons (Fsp3) is 0.381. The van der Waals surface area contributed by atoms with Gasteiger partial charge in [0.1, 0.15) is 17.9 Å². The number of nitrogens with one attached hydrogen (secondary N) is 2. The molecule has 3 rings (SSSR count). The molecular formula is C21H24FN3O3S. The molecule has 2 atom stereocenters. The summed E-state index contributed by atoms with van der Waals surface area (Å²) in [7, 11) is 0. The van der Waals surface area contributed by atoms with Gasteiger partial charge in [-0.15, -0.1) is 11.3 Å². The summed E-state index contributed by atoms with van der Waals surface area (Å²) in [6.45, 7) is 3.46. The number of amides is 4. The first-order chi connectivity index (χ1) is 13.9. The summed E-state index contributed by atoms with van der Waals surface area (Å²) in [6.07, 6.45) is 1.90. The maximum Gasteiger partial charge on any atom is 0.325 e. The van der Waals surface area contributed by atoms with E-state index in [9.17, 15) is 18.8 Å². The SMILES string of the molecule is CCCCC1(c2ccc(F)cc2)NC(=O)N(CC(=O)NC(C)c2cccs2)C1=O. The average Bonchev–Trinajstić information content (AvgIpc) is 3.31. The van der Waals surface area contributed by atoms with E-state index in [-0.39, 0.29) is 12.6 Å². The van der Waals surface area contributed by atoms with E-state index in [1.165, 1.54) is 35.6 Å². The Hall–Kier alpha value is -2.74. The van der Waals surface area contributed by atoms with Crippen LogP contribution in [-0.2, 0) is 15.1 Å². The van der Waals surface area contributed by atoms with Crippen molar-refractivity contribution < 1.29 is 18.8 Å². The van der Waals surface area contributed by atoms with E-state index >= 15 is 0 Å². The molecule has 1 saturated heterocycles. The van der Waals surface area contributed by atoms with Crippen LogP contribution in [0.1, 0.15) is 49.6 Å². The molecule has 0 bridgehead atoms. The molecular weight excluding hydrogens is 393 g/mol. The molecule has 2 heterocycles. The molecule has 8 heteroatoms. The lowest BCUT2D eigenvalue weighted by Gasteiger charge is -2.27. The number of urea groups is 1. The summed E-state index contributed by atoms with van der Waals surface area (Å²) in [5.74, 6) is -1.32. The first-order valence-electron chi connectivity index (χ1n) is 9.60. The molecule has 6 nitrogen and oxygen atoms in total. The minimum Gasteiger partial charge on any atom is -0.347 e. The summed E-state index contributed by atoms with van der Waals surface area (Å²) in [4.78, 5) is 40.2. The predicted molar refractivity (Wildman–Crippen MR) is 109 cm³/mol. The van der Waals surface area contributed by atoms with Gasteiger partial charge in [-0.2, -0.15) is 0 Å². The van der Waals surface area contributed by atoms with Gasteiger partial charge in [0.25, 0.3) is 5.91 Å². The van der Waals surface area contributed by atoms with Crippen molar-refractivity contribution in [3.8, 4) is 0 Å². The van der Waals surface area contributed by atoms with Crippen molar-refractivity contribution in [2.45, 2.75) is 44.7 Å². The van der Waals surface area contributed by atoms with Gasteiger partial charge in [-0.1, -0.05) is 38.0 Å².